The predicted octanol–water partition coefficient (Wildman–Crippen LogP) is 2.38. The number of nitrogens with zero attached hydrogens (tertiary/aromatic N) is 2. The Morgan fingerprint density at radius 2 is 2.32 bits per heavy atom. The van der Waals surface area contributed by atoms with Crippen molar-refractivity contribution in [2.45, 2.75) is 18.0 Å². The number of ether oxygens (including phenoxy) is 1. The molecule has 0 atom stereocenters. The van der Waals surface area contributed by atoms with E-state index in [1.807, 2.05) is 0 Å². The van der Waals surface area contributed by atoms with Gasteiger partial charge in [-0.05, 0) is 24.5 Å². The van der Waals surface area contributed by atoms with Crippen LogP contribution in [0.3, 0.4) is 0 Å². The molecule has 0 saturated heterocycles. The summed E-state index contributed by atoms with van der Waals surface area (Å²) in [5, 5.41) is 3.33. The van der Waals surface area contributed by atoms with E-state index in [1.165, 1.54) is 4.90 Å². The van der Waals surface area contributed by atoms with Gasteiger partial charge in [-0.3, -0.25) is 0 Å². The highest BCUT2D eigenvalue weighted by Crippen LogP contribution is 2.33. The molecule has 3 rings (SSSR count). The first-order valence-electron chi connectivity index (χ1n) is 6.31. The highest BCUT2D eigenvalue weighted by atomic mass is 32.2. The number of benzene rings is 1. The maximum atomic E-state index is 5.50. The minimum absolute atomic E-state index is 0.839. The summed E-state index contributed by atoms with van der Waals surface area (Å²) in [4.78, 5) is 5.90. The zero-order valence-corrected chi connectivity index (χ0v) is 12.0. The second kappa shape index (κ2) is 5.27. The lowest BCUT2D eigenvalue weighted by molar-refractivity contribution is 0.415. The number of methoxy groups -OCH3 is 1. The maximum Gasteiger partial charge on any atom is 0.129 e. The fourth-order valence-electron chi connectivity index (χ4n) is 2.33. The molecule has 19 heavy (non-hydrogen) atoms. The molecule has 0 amide bonds. The van der Waals surface area contributed by atoms with Crippen molar-refractivity contribution in [1.82, 2.24) is 14.9 Å². The third-order valence-electron chi connectivity index (χ3n) is 3.36. The van der Waals surface area contributed by atoms with Gasteiger partial charge in [0.25, 0.3) is 0 Å². The lowest BCUT2D eigenvalue weighted by atomic mass is 10.1. The molecule has 0 aliphatic carbocycles. The van der Waals surface area contributed by atoms with Crippen molar-refractivity contribution in [3.63, 3.8) is 0 Å². The summed E-state index contributed by atoms with van der Waals surface area (Å²) in [5.41, 5.74) is 2.05. The standard InChI is InChI=1S/C14H17N3OS/c1-18-13-7-10(19-2)3-4-11(13)12-9-17-6-5-15-8-14(17)16-12/h3-4,7,9,15H,5-6,8H2,1-2H3. The minimum atomic E-state index is 0.839. The van der Waals surface area contributed by atoms with Crippen LogP contribution in [0.25, 0.3) is 11.3 Å². The molecule has 0 fully saturated rings. The number of fused-ring (bicyclic) bond motifs is 1. The number of rotatable bonds is 3. The Labute approximate surface area is 117 Å². The van der Waals surface area contributed by atoms with Gasteiger partial charge in [0, 0.05) is 29.7 Å². The van der Waals surface area contributed by atoms with Gasteiger partial charge in [0.1, 0.15) is 11.6 Å². The Morgan fingerprint density at radius 1 is 1.42 bits per heavy atom. The largest absolute Gasteiger partial charge is 0.496 e. The van der Waals surface area contributed by atoms with E-state index in [9.17, 15) is 0 Å². The van der Waals surface area contributed by atoms with Crippen molar-refractivity contribution in [1.29, 1.82) is 0 Å². The van der Waals surface area contributed by atoms with Crippen LogP contribution in [0.1, 0.15) is 5.82 Å². The van der Waals surface area contributed by atoms with Gasteiger partial charge in [-0.2, -0.15) is 0 Å². The average molecular weight is 275 g/mol. The average Bonchev–Trinajstić information content (AvgIpc) is 2.90. The van der Waals surface area contributed by atoms with Crippen LogP contribution in [-0.2, 0) is 13.1 Å². The highest BCUT2D eigenvalue weighted by molar-refractivity contribution is 7.98. The van der Waals surface area contributed by atoms with E-state index in [4.69, 9.17) is 9.72 Å². The van der Waals surface area contributed by atoms with E-state index in [0.717, 1.165) is 42.5 Å². The third-order valence-corrected chi connectivity index (χ3v) is 4.08. The fourth-order valence-corrected chi connectivity index (χ4v) is 2.76. The quantitative estimate of drug-likeness (QED) is 0.873. The highest BCUT2D eigenvalue weighted by Gasteiger charge is 2.15. The van der Waals surface area contributed by atoms with Crippen LogP contribution in [0, 0.1) is 0 Å². The molecule has 100 valence electrons. The molecule has 4 nitrogen and oxygen atoms in total. The molecule has 0 saturated carbocycles. The molecule has 2 aromatic rings. The molecule has 1 aromatic heterocycles. The monoisotopic (exact) mass is 275 g/mol. The molecule has 1 aliphatic rings. The molecule has 5 heteroatoms. The van der Waals surface area contributed by atoms with Gasteiger partial charge in [-0.25, -0.2) is 4.98 Å². The third kappa shape index (κ3) is 2.35. The smallest absolute Gasteiger partial charge is 0.129 e. The Hall–Kier alpha value is -1.46. The van der Waals surface area contributed by atoms with Crippen molar-refractivity contribution in [3.05, 3.63) is 30.2 Å². The molecular formula is C14H17N3OS. The number of hydrogen-bond donors (Lipinski definition) is 1. The van der Waals surface area contributed by atoms with Crippen LogP contribution in [0.4, 0.5) is 0 Å². The van der Waals surface area contributed by atoms with Crippen LogP contribution < -0.4 is 10.1 Å². The van der Waals surface area contributed by atoms with Gasteiger partial charge in [-0.15, -0.1) is 11.8 Å². The molecule has 0 unspecified atom stereocenters. The number of nitrogens with one attached hydrogen (secondary N) is 1. The molecule has 1 aromatic carbocycles. The summed E-state index contributed by atoms with van der Waals surface area (Å²) in [6.07, 6.45) is 4.18. The molecule has 0 bridgehead atoms. The van der Waals surface area contributed by atoms with Gasteiger partial charge in [0.05, 0.1) is 19.3 Å². The Balaban J connectivity index is 2.03. The maximum absolute atomic E-state index is 5.50. The predicted molar refractivity (Wildman–Crippen MR) is 77.7 cm³/mol. The van der Waals surface area contributed by atoms with Gasteiger partial charge >= 0.3 is 0 Å². The number of hydrogen-bond acceptors (Lipinski definition) is 4. The van der Waals surface area contributed by atoms with Crippen molar-refractivity contribution < 1.29 is 4.74 Å². The number of aromatic nitrogens is 2. The Morgan fingerprint density at radius 3 is 3.05 bits per heavy atom. The first-order chi connectivity index (χ1) is 9.31. The molecule has 1 aliphatic heterocycles. The Kier molecular flexibility index (Phi) is 3.48. The van der Waals surface area contributed by atoms with Gasteiger partial charge in [0.2, 0.25) is 0 Å². The van der Waals surface area contributed by atoms with Gasteiger partial charge in [-0.1, -0.05) is 0 Å². The topological polar surface area (TPSA) is 39.1 Å². The summed E-state index contributed by atoms with van der Waals surface area (Å²) in [5.74, 6) is 1.98. The van der Waals surface area contributed by atoms with E-state index in [-0.39, 0.29) is 0 Å². The van der Waals surface area contributed by atoms with Gasteiger partial charge in [0.15, 0.2) is 0 Å². The lowest BCUT2D eigenvalue weighted by Crippen LogP contribution is -2.27. The lowest BCUT2D eigenvalue weighted by Gasteiger charge is -2.13. The first kappa shape index (κ1) is 12.6. The second-order valence-corrected chi connectivity index (χ2v) is 5.36. The summed E-state index contributed by atoms with van der Waals surface area (Å²) < 4.78 is 7.71. The second-order valence-electron chi connectivity index (χ2n) is 4.48. The summed E-state index contributed by atoms with van der Waals surface area (Å²) in [6, 6.07) is 6.27. The number of imidazole rings is 1. The molecule has 0 spiro atoms. The van der Waals surface area contributed by atoms with Crippen LogP contribution >= 0.6 is 11.8 Å². The van der Waals surface area contributed by atoms with Crippen molar-refractivity contribution in [3.8, 4) is 17.0 Å². The fraction of sp³-hybridized carbons (Fsp3) is 0.357. The zero-order chi connectivity index (χ0) is 13.2. The summed E-state index contributed by atoms with van der Waals surface area (Å²) in [6.45, 7) is 2.82. The molecule has 1 N–H and O–H groups in total. The molecule has 2 heterocycles. The van der Waals surface area contributed by atoms with Crippen LogP contribution in [0.15, 0.2) is 29.3 Å². The number of thioether (sulfide) groups is 1. The zero-order valence-electron chi connectivity index (χ0n) is 11.1. The van der Waals surface area contributed by atoms with E-state index in [1.54, 1.807) is 18.9 Å². The van der Waals surface area contributed by atoms with Crippen LogP contribution in [0.5, 0.6) is 5.75 Å². The van der Waals surface area contributed by atoms with Crippen LogP contribution in [-0.4, -0.2) is 29.5 Å². The Bertz CT molecular complexity index is 571. The van der Waals surface area contributed by atoms with Crippen molar-refractivity contribution in [2.75, 3.05) is 19.9 Å². The summed E-state index contributed by atoms with van der Waals surface area (Å²) in [7, 11) is 1.71. The van der Waals surface area contributed by atoms with E-state index < -0.39 is 0 Å². The van der Waals surface area contributed by atoms with E-state index in [2.05, 4.69) is 40.5 Å². The van der Waals surface area contributed by atoms with Crippen molar-refractivity contribution >= 4 is 11.8 Å². The summed E-state index contributed by atoms with van der Waals surface area (Å²) >= 11 is 1.71. The normalized spacial score (nSPS) is 14.2. The van der Waals surface area contributed by atoms with Gasteiger partial charge < -0.3 is 14.6 Å². The first-order valence-corrected chi connectivity index (χ1v) is 7.53. The molecular weight excluding hydrogens is 258 g/mol. The van der Waals surface area contributed by atoms with E-state index >= 15 is 0 Å². The SMILES string of the molecule is COc1cc(SC)ccc1-c1cn2c(n1)CNCC2. The van der Waals surface area contributed by atoms with E-state index in [0.29, 0.717) is 0 Å². The van der Waals surface area contributed by atoms with Crippen molar-refractivity contribution in [2.24, 2.45) is 0 Å². The molecule has 0 radical (unpaired) electrons. The minimum Gasteiger partial charge on any atom is -0.496 e. The van der Waals surface area contributed by atoms with Crippen LogP contribution in [0.2, 0.25) is 0 Å².